The van der Waals surface area contributed by atoms with Crippen molar-refractivity contribution in [3.05, 3.63) is 0 Å². The van der Waals surface area contributed by atoms with Gasteiger partial charge in [-0.2, -0.15) is 0 Å². The van der Waals surface area contributed by atoms with Gasteiger partial charge in [-0.25, -0.2) is 0 Å². The van der Waals surface area contributed by atoms with Crippen LogP contribution < -0.4 is 0 Å². The maximum absolute atomic E-state index is 11.2. The number of esters is 1. The Balaban J connectivity index is 4.03. The van der Waals surface area contributed by atoms with Crippen molar-refractivity contribution < 1.29 is 23.9 Å². The van der Waals surface area contributed by atoms with Crippen molar-refractivity contribution in [2.45, 2.75) is 27.2 Å². The van der Waals surface area contributed by atoms with Gasteiger partial charge in [0, 0.05) is 0 Å². The summed E-state index contributed by atoms with van der Waals surface area (Å²) in [7, 11) is -4.25. The molecule has 0 saturated carbocycles. The lowest BCUT2D eigenvalue weighted by atomic mass is 9.91. The van der Waals surface area contributed by atoms with E-state index in [0.29, 0.717) is 6.42 Å². The van der Waals surface area contributed by atoms with E-state index in [9.17, 15) is 4.79 Å². The minimum absolute atomic E-state index is 0.538. The molecule has 3 N–H and O–H groups in total. The first-order chi connectivity index (χ1) is 5.69. The highest BCUT2D eigenvalue weighted by atomic mass is 28.4. The van der Waals surface area contributed by atoms with Gasteiger partial charge in [-0.1, -0.05) is 6.92 Å². The summed E-state index contributed by atoms with van der Waals surface area (Å²) in [6.07, 6.45) is -0.113. The summed E-state index contributed by atoms with van der Waals surface area (Å²) in [6.45, 7) is 5.19. The average Bonchev–Trinajstić information content (AvgIpc) is 1.98. The molecular weight excluding hydrogens is 192 g/mol. The monoisotopic (exact) mass is 208 g/mol. The summed E-state index contributed by atoms with van der Waals surface area (Å²) in [5.41, 5.74) is -0.653. The van der Waals surface area contributed by atoms with E-state index in [4.69, 9.17) is 14.4 Å². The van der Waals surface area contributed by atoms with Crippen molar-refractivity contribution >= 4 is 14.8 Å². The van der Waals surface area contributed by atoms with E-state index in [-0.39, 0.29) is 0 Å². The summed E-state index contributed by atoms with van der Waals surface area (Å²) >= 11 is 0. The predicted molar refractivity (Wildman–Crippen MR) is 47.4 cm³/mol. The first-order valence-corrected chi connectivity index (χ1v) is 6.08. The van der Waals surface area contributed by atoms with Crippen LogP contribution in [-0.2, 0) is 9.53 Å². The zero-order valence-corrected chi connectivity index (χ0v) is 9.07. The number of rotatable bonds is 4. The lowest BCUT2D eigenvalue weighted by molar-refractivity contribution is -0.153. The minimum Gasteiger partial charge on any atom is -0.461 e. The molecule has 0 aromatic heterocycles. The zero-order chi connectivity index (χ0) is 10.7. The van der Waals surface area contributed by atoms with Crippen LogP contribution in [0.5, 0.6) is 0 Å². The Morgan fingerprint density at radius 1 is 1.38 bits per heavy atom. The van der Waals surface area contributed by atoms with Crippen molar-refractivity contribution in [2.24, 2.45) is 5.41 Å². The molecule has 0 heterocycles. The summed E-state index contributed by atoms with van der Waals surface area (Å²) in [5, 5.41) is 0. The lowest BCUT2D eigenvalue weighted by Crippen LogP contribution is -2.43. The fourth-order valence-electron chi connectivity index (χ4n) is 0.502. The van der Waals surface area contributed by atoms with E-state index in [1.54, 1.807) is 13.8 Å². The second kappa shape index (κ2) is 4.19. The fourth-order valence-corrected chi connectivity index (χ4v) is 0.827. The first kappa shape index (κ1) is 12.6. The highest BCUT2D eigenvalue weighted by Gasteiger charge is 2.33. The van der Waals surface area contributed by atoms with Crippen LogP contribution in [0.4, 0.5) is 0 Å². The Bertz CT molecular complexity index is 184. The second-order valence-electron chi connectivity index (χ2n) is 3.59. The highest BCUT2D eigenvalue weighted by Crippen LogP contribution is 2.21. The molecule has 0 unspecified atom stereocenters. The van der Waals surface area contributed by atoms with Gasteiger partial charge in [0.15, 0.2) is 6.23 Å². The zero-order valence-electron chi connectivity index (χ0n) is 8.07. The Morgan fingerprint density at radius 3 is 2.15 bits per heavy atom. The van der Waals surface area contributed by atoms with E-state index in [1.807, 2.05) is 6.92 Å². The van der Waals surface area contributed by atoms with Crippen LogP contribution in [0, 0.1) is 5.41 Å². The standard InChI is InChI=1S/C7H16O5Si/c1-4-7(2,3)6(8)12-5-13(9,10)11/h9-11H,4-5H2,1-3H3. The van der Waals surface area contributed by atoms with E-state index in [1.165, 1.54) is 0 Å². The van der Waals surface area contributed by atoms with Crippen LogP contribution in [-0.4, -0.2) is 35.4 Å². The topological polar surface area (TPSA) is 87.0 Å². The van der Waals surface area contributed by atoms with Gasteiger partial charge in [-0.15, -0.1) is 0 Å². The summed E-state index contributed by atoms with van der Waals surface area (Å²) in [6, 6.07) is 0. The highest BCUT2D eigenvalue weighted by molar-refractivity contribution is 6.56. The van der Waals surface area contributed by atoms with Crippen LogP contribution in [0.25, 0.3) is 0 Å². The van der Waals surface area contributed by atoms with Crippen molar-refractivity contribution in [2.75, 3.05) is 6.23 Å². The number of hydrogen-bond acceptors (Lipinski definition) is 5. The van der Waals surface area contributed by atoms with Gasteiger partial charge in [0.1, 0.15) is 0 Å². The van der Waals surface area contributed by atoms with Gasteiger partial charge in [0.05, 0.1) is 5.41 Å². The molecule has 0 radical (unpaired) electrons. The quantitative estimate of drug-likeness (QED) is 0.425. The van der Waals surface area contributed by atoms with Crippen molar-refractivity contribution in [3.8, 4) is 0 Å². The molecule has 0 amide bonds. The van der Waals surface area contributed by atoms with Crippen LogP contribution in [0.2, 0.25) is 0 Å². The summed E-state index contributed by atoms with van der Waals surface area (Å²) in [5.74, 6) is -0.538. The number of hydrogen-bond donors (Lipinski definition) is 3. The van der Waals surface area contributed by atoms with Crippen LogP contribution in [0.15, 0.2) is 0 Å². The smallest absolute Gasteiger partial charge is 0.461 e. The Kier molecular flexibility index (Phi) is 4.05. The molecule has 0 spiro atoms. The third-order valence-corrected chi connectivity index (χ3v) is 2.37. The summed E-state index contributed by atoms with van der Waals surface area (Å²) in [4.78, 5) is 36.9. The molecule has 0 aliphatic heterocycles. The first-order valence-electron chi connectivity index (χ1n) is 4.03. The molecule has 0 aromatic rings. The molecule has 0 rings (SSSR count). The molecule has 13 heavy (non-hydrogen) atoms. The van der Waals surface area contributed by atoms with E-state index in [2.05, 4.69) is 4.74 Å². The van der Waals surface area contributed by atoms with Crippen LogP contribution in [0.3, 0.4) is 0 Å². The average molecular weight is 208 g/mol. The van der Waals surface area contributed by atoms with Gasteiger partial charge in [0.25, 0.3) is 0 Å². The number of carbonyl (C=O) groups is 1. The molecule has 0 saturated heterocycles. The fraction of sp³-hybridized carbons (Fsp3) is 0.857. The van der Waals surface area contributed by atoms with Gasteiger partial charge < -0.3 is 19.1 Å². The molecule has 6 heteroatoms. The van der Waals surface area contributed by atoms with E-state index in [0.717, 1.165) is 0 Å². The Morgan fingerprint density at radius 2 is 1.85 bits per heavy atom. The SMILES string of the molecule is CCC(C)(C)C(=O)OC[Si](O)(O)O. The Labute approximate surface area is 78.3 Å². The second-order valence-corrected chi connectivity index (χ2v) is 5.43. The van der Waals surface area contributed by atoms with E-state index < -0.39 is 26.4 Å². The molecule has 5 nitrogen and oxygen atoms in total. The third kappa shape index (κ3) is 4.99. The number of ether oxygens (including phenoxy) is 1. The molecule has 0 aliphatic carbocycles. The largest absolute Gasteiger partial charge is 0.532 e. The van der Waals surface area contributed by atoms with Crippen LogP contribution >= 0.6 is 0 Å². The van der Waals surface area contributed by atoms with Gasteiger partial charge in [-0.3, -0.25) is 4.79 Å². The molecular formula is C7H16O5Si. The van der Waals surface area contributed by atoms with Crippen molar-refractivity contribution in [3.63, 3.8) is 0 Å². The van der Waals surface area contributed by atoms with E-state index >= 15 is 0 Å². The minimum atomic E-state index is -4.25. The number of carbonyl (C=O) groups excluding carboxylic acids is 1. The lowest BCUT2D eigenvalue weighted by Gasteiger charge is -2.21. The summed E-state index contributed by atoms with van der Waals surface area (Å²) < 4.78 is 4.53. The van der Waals surface area contributed by atoms with Gasteiger partial charge in [-0.05, 0) is 20.3 Å². The van der Waals surface area contributed by atoms with Gasteiger partial charge >= 0.3 is 14.8 Å². The van der Waals surface area contributed by atoms with Crippen molar-refractivity contribution in [1.29, 1.82) is 0 Å². The maximum Gasteiger partial charge on any atom is 0.532 e. The third-order valence-electron chi connectivity index (χ3n) is 1.83. The Hall–Kier alpha value is -0.433. The maximum atomic E-state index is 11.2. The molecule has 0 aromatic carbocycles. The normalized spacial score (nSPS) is 12.8. The van der Waals surface area contributed by atoms with Crippen molar-refractivity contribution in [1.82, 2.24) is 0 Å². The molecule has 0 atom stereocenters. The molecule has 0 bridgehead atoms. The molecule has 0 fully saturated rings. The van der Waals surface area contributed by atoms with Crippen LogP contribution in [0.1, 0.15) is 27.2 Å². The van der Waals surface area contributed by atoms with Gasteiger partial charge in [0.2, 0.25) is 0 Å². The predicted octanol–water partition coefficient (Wildman–Crippen LogP) is -0.579. The molecule has 0 aliphatic rings. The molecule has 78 valence electrons.